The van der Waals surface area contributed by atoms with Crippen molar-refractivity contribution in [3.63, 3.8) is 0 Å². The van der Waals surface area contributed by atoms with E-state index in [9.17, 15) is 0 Å². The zero-order chi connectivity index (χ0) is 4.50. The van der Waals surface area contributed by atoms with Crippen molar-refractivity contribution in [1.82, 2.24) is 6.15 Å². The van der Waals surface area contributed by atoms with Gasteiger partial charge in [0.05, 0.1) is 28.2 Å². The van der Waals surface area contributed by atoms with Crippen molar-refractivity contribution in [3.05, 3.63) is 0 Å². The Labute approximate surface area is 75.2 Å². The third kappa shape index (κ3) is 277. The number of halogens is 2. The molecule has 0 saturated heterocycles. The highest BCUT2D eigenvalue weighted by molar-refractivity contribution is 3.87. The highest BCUT2D eigenvalue weighted by Gasteiger charge is 1.88. The maximum absolute atomic E-state index is 2.12. The van der Waals surface area contributed by atoms with E-state index in [1.807, 2.05) is 0 Å². The lowest BCUT2D eigenvalue weighted by Gasteiger charge is -2.14. The van der Waals surface area contributed by atoms with E-state index in [4.69, 9.17) is 0 Å². The molecule has 56 valence electrons. The minimum Gasteiger partial charge on any atom is -1.00 e. The van der Waals surface area contributed by atoms with Crippen molar-refractivity contribution in [1.29, 1.82) is 0 Å². The number of nitrogens with zero attached hydrogens (tertiary/aromatic N) is 1. The molecule has 4 N–H and O–H groups in total. The maximum Gasteiger partial charge on any atom is 0.0675 e. The van der Waals surface area contributed by atoms with Gasteiger partial charge in [0.25, 0.3) is 0 Å². The van der Waals surface area contributed by atoms with Gasteiger partial charge in [-0.15, -0.1) is 0 Å². The third-order valence-electron chi connectivity index (χ3n) is 0. The minimum absolute atomic E-state index is 0. The van der Waals surface area contributed by atoms with Crippen LogP contribution in [0, 0.1) is 0 Å². The van der Waals surface area contributed by atoms with Crippen LogP contribution in [-0.4, -0.2) is 32.7 Å². The largest absolute Gasteiger partial charge is 1.00 e. The predicted molar refractivity (Wildman–Crippen MR) is 29.9 cm³/mol. The normalized spacial score (nSPS) is 7.50. The van der Waals surface area contributed by atoms with Gasteiger partial charge in [0.2, 0.25) is 0 Å². The Kier molecular flexibility index (Phi) is 22.9. The average molecular weight is 255 g/mol. The van der Waals surface area contributed by atoms with Crippen molar-refractivity contribution < 1.29 is 40.9 Å². The molecule has 0 aromatic carbocycles. The van der Waals surface area contributed by atoms with Gasteiger partial charge in [0.15, 0.2) is 0 Å². The number of quaternary nitrogens is 2. The standard InChI is InChI=1S/C4H12N.ClH.HI.H3N/c1-5(2,3)4;;;/h1-4H3;2*1H;1H3/q+1;;;/p-1. The molecule has 0 rings (SSSR count). The van der Waals surface area contributed by atoms with Crippen LogP contribution in [0.25, 0.3) is 0 Å². The van der Waals surface area contributed by atoms with E-state index < -0.39 is 0 Å². The summed E-state index contributed by atoms with van der Waals surface area (Å²) < 4.78 is 1.00. The second-order valence-electron chi connectivity index (χ2n) is 2.68. The second-order valence-corrected chi connectivity index (χ2v) is 2.68. The zero-order valence-electron chi connectivity index (χ0n) is 6.20. The molecule has 0 radical (unpaired) electrons. The molecular weight excluding hydrogens is 238 g/mol. The monoisotopic (exact) mass is 254 g/mol. The van der Waals surface area contributed by atoms with Gasteiger partial charge >= 0.3 is 0 Å². The van der Waals surface area contributed by atoms with Crippen LogP contribution in [0.3, 0.4) is 0 Å². The van der Waals surface area contributed by atoms with Crippen molar-refractivity contribution in [2.24, 2.45) is 0 Å². The fourth-order valence-corrected chi connectivity index (χ4v) is 0. The fourth-order valence-electron chi connectivity index (χ4n) is 0. The van der Waals surface area contributed by atoms with E-state index in [0.29, 0.717) is 0 Å². The summed E-state index contributed by atoms with van der Waals surface area (Å²) in [5.41, 5.74) is 0. The zero-order valence-corrected chi connectivity index (χ0v) is 9.12. The van der Waals surface area contributed by atoms with Crippen LogP contribution < -0.4 is 42.5 Å². The Balaban J connectivity index is -0.0000000267. The van der Waals surface area contributed by atoms with E-state index in [1.165, 1.54) is 0 Å². The van der Waals surface area contributed by atoms with E-state index in [-0.39, 0.29) is 42.5 Å². The first-order chi connectivity index (χ1) is 2.00. The first-order valence-electron chi connectivity index (χ1n) is 1.79. The van der Waals surface area contributed by atoms with E-state index in [2.05, 4.69) is 28.2 Å². The van der Waals surface area contributed by atoms with Crippen molar-refractivity contribution in [2.45, 2.75) is 0 Å². The molecule has 0 atom stereocenters. The molecule has 0 unspecified atom stereocenters. The summed E-state index contributed by atoms with van der Waals surface area (Å²) in [4.78, 5) is 0. The molecule has 0 heterocycles. The molecule has 0 aliphatic heterocycles. The summed E-state index contributed by atoms with van der Waals surface area (Å²) >= 11 is 0. The maximum atomic E-state index is 2.12. The van der Waals surface area contributed by atoms with Gasteiger partial charge < -0.3 is 47.0 Å². The Bertz CT molecular complexity index is 29.5. The third-order valence-corrected chi connectivity index (χ3v) is 0. The van der Waals surface area contributed by atoms with Gasteiger partial charge in [-0.25, -0.2) is 0 Å². The van der Waals surface area contributed by atoms with Crippen molar-refractivity contribution in [3.8, 4) is 0 Å². The molecule has 0 saturated carbocycles. The van der Waals surface area contributed by atoms with E-state index >= 15 is 0 Å². The molecule has 4 heteroatoms. The lowest BCUT2D eigenvalue weighted by molar-refractivity contribution is -0.849. The predicted octanol–water partition coefficient (Wildman–Crippen LogP) is -5.29. The molecule has 0 aromatic rings. The molecule has 0 aliphatic carbocycles. The smallest absolute Gasteiger partial charge is 0.0675 e. The van der Waals surface area contributed by atoms with Crippen molar-refractivity contribution in [2.75, 3.05) is 28.2 Å². The lowest BCUT2D eigenvalue weighted by Crippen LogP contribution is -3.00. The van der Waals surface area contributed by atoms with E-state index in [0.717, 1.165) is 4.48 Å². The Morgan fingerprint density at radius 3 is 0.875 bits per heavy atom. The van der Waals surface area contributed by atoms with E-state index in [1.54, 1.807) is 0 Å². The average Bonchev–Trinajstić information content (AvgIpc) is 0.722. The fraction of sp³-hybridized carbons (Fsp3) is 1.00. The summed E-state index contributed by atoms with van der Waals surface area (Å²) in [5, 5.41) is 0. The molecule has 0 spiro atoms. The molecule has 0 aliphatic rings. The van der Waals surface area contributed by atoms with Gasteiger partial charge in [0, 0.05) is 0 Å². The number of hydrogen-bond donors (Lipinski definition) is 1. The first kappa shape index (κ1) is 23.1. The summed E-state index contributed by atoms with van der Waals surface area (Å²) in [6.45, 7) is 0. The SMILES string of the molecule is C[N+](C)(C)C.[Cl-].[I-].[NH4+]. The molecule has 0 amide bonds. The molecule has 8 heavy (non-hydrogen) atoms. The first-order valence-corrected chi connectivity index (χ1v) is 1.79. The summed E-state index contributed by atoms with van der Waals surface area (Å²) in [7, 11) is 8.50. The topological polar surface area (TPSA) is 36.5 Å². The molecule has 2 nitrogen and oxygen atoms in total. The second kappa shape index (κ2) is 7.94. The summed E-state index contributed by atoms with van der Waals surface area (Å²) in [6.07, 6.45) is 0. The van der Waals surface area contributed by atoms with Gasteiger partial charge in [0.1, 0.15) is 0 Å². The number of rotatable bonds is 0. The lowest BCUT2D eigenvalue weighted by atomic mass is 10.8. The van der Waals surface area contributed by atoms with Crippen LogP contribution in [0.2, 0.25) is 0 Å². The van der Waals surface area contributed by atoms with Gasteiger partial charge in [-0.05, 0) is 0 Å². The van der Waals surface area contributed by atoms with Crippen LogP contribution in [0.1, 0.15) is 0 Å². The van der Waals surface area contributed by atoms with Crippen LogP contribution in [-0.2, 0) is 0 Å². The van der Waals surface area contributed by atoms with Gasteiger partial charge in [-0.2, -0.15) is 0 Å². The molecule has 0 bridgehead atoms. The Morgan fingerprint density at radius 2 is 0.875 bits per heavy atom. The van der Waals surface area contributed by atoms with Crippen molar-refractivity contribution >= 4 is 0 Å². The van der Waals surface area contributed by atoms with Crippen LogP contribution >= 0.6 is 0 Å². The number of hydrogen-bond acceptors (Lipinski definition) is 0. The Hall–Kier alpha value is 0.940. The molecular formula is C4H16ClIN2. The van der Waals surface area contributed by atoms with Crippen LogP contribution in [0.5, 0.6) is 0 Å². The quantitative estimate of drug-likeness (QED) is 0.331. The highest BCUT2D eigenvalue weighted by Crippen LogP contribution is 1.73. The van der Waals surface area contributed by atoms with Crippen LogP contribution in [0.4, 0.5) is 0 Å². The summed E-state index contributed by atoms with van der Waals surface area (Å²) in [5.74, 6) is 0. The highest BCUT2D eigenvalue weighted by atomic mass is 127. The Morgan fingerprint density at radius 1 is 0.875 bits per heavy atom. The molecule has 0 aromatic heterocycles. The summed E-state index contributed by atoms with van der Waals surface area (Å²) in [6, 6.07) is 0. The molecule has 0 fully saturated rings. The van der Waals surface area contributed by atoms with Gasteiger partial charge in [-0.3, -0.25) is 0 Å². The van der Waals surface area contributed by atoms with Gasteiger partial charge in [-0.1, -0.05) is 0 Å². The van der Waals surface area contributed by atoms with Crippen LogP contribution in [0.15, 0.2) is 0 Å². The minimum atomic E-state index is 0.